The van der Waals surface area contributed by atoms with E-state index in [9.17, 15) is 0 Å². The van der Waals surface area contributed by atoms with Crippen LogP contribution < -0.4 is 11.1 Å². The maximum absolute atomic E-state index is 5.69. The molecule has 0 bridgehead atoms. The highest BCUT2D eigenvalue weighted by Gasteiger charge is 2.40. The summed E-state index contributed by atoms with van der Waals surface area (Å²) in [5, 5.41) is 3.42. The lowest BCUT2D eigenvalue weighted by atomic mass is 10.1. The Hall–Kier alpha value is -1.02. The maximum atomic E-state index is 5.69. The number of para-hydroxylation sites is 1. The quantitative estimate of drug-likeness (QED) is 0.734. The van der Waals surface area contributed by atoms with Crippen molar-refractivity contribution in [1.29, 1.82) is 0 Å². The average molecular weight is 176 g/mol. The molecule has 0 amide bonds. The molecule has 2 rings (SSSR count). The zero-order valence-electron chi connectivity index (χ0n) is 7.79. The second-order valence-corrected chi connectivity index (χ2v) is 3.92. The highest BCUT2D eigenvalue weighted by atomic mass is 14.9. The molecule has 0 aliphatic heterocycles. The Labute approximate surface area is 79.1 Å². The molecule has 2 heteroatoms. The first-order valence-electron chi connectivity index (χ1n) is 4.84. The molecule has 0 unspecified atom stereocenters. The van der Waals surface area contributed by atoms with Crippen molar-refractivity contribution in [2.24, 2.45) is 11.1 Å². The van der Waals surface area contributed by atoms with Crippen LogP contribution in [-0.4, -0.2) is 13.1 Å². The lowest BCUT2D eigenvalue weighted by molar-refractivity contribution is 0.556. The van der Waals surface area contributed by atoms with Crippen molar-refractivity contribution in [3.05, 3.63) is 30.3 Å². The van der Waals surface area contributed by atoms with Gasteiger partial charge in [0.25, 0.3) is 0 Å². The van der Waals surface area contributed by atoms with E-state index < -0.39 is 0 Å². The molecule has 3 N–H and O–H groups in total. The van der Waals surface area contributed by atoms with Gasteiger partial charge in [-0.05, 0) is 36.9 Å². The van der Waals surface area contributed by atoms with E-state index >= 15 is 0 Å². The molecule has 0 radical (unpaired) electrons. The van der Waals surface area contributed by atoms with Gasteiger partial charge in [-0.15, -0.1) is 0 Å². The number of anilines is 1. The van der Waals surface area contributed by atoms with Crippen molar-refractivity contribution in [3.63, 3.8) is 0 Å². The molecular formula is C11H16N2. The molecule has 0 spiro atoms. The van der Waals surface area contributed by atoms with Gasteiger partial charge in [-0.2, -0.15) is 0 Å². The van der Waals surface area contributed by atoms with Crippen molar-refractivity contribution in [2.45, 2.75) is 12.8 Å². The number of hydrogen-bond acceptors (Lipinski definition) is 2. The summed E-state index contributed by atoms with van der Waals surface area (Å²) in [6, 6.07) is 10.3. The Morgan fingerprint density at radius 2 is 1.92 bits per heavy atom. The van der Waals surface area contributed by atoms with Gasteiger partial charge in [-0.3, -0.25) is 0 Å². The minimum Gasteiger partial charge on any atom is -0.384 e. The Morgan fingerprint density at radius 1 is 1.23 bits per heavy atom. The van der Waals surface area contributed by atoms with Crippen molar-refractivity contribution in [3.8, 4) is 0 Å². The molecule has 70 valence electrons. The predicted octanol–water partition coefficient (Wildman–Crippen LogP) is 1.84. The maximum Gasteiger partial charge on any atom is 0.0340 e. The van der Waals surface area contributed by atoms with Crippen LogP contribution in [0.5, 0.6) is 0 Å². The zero-order chi connectivity index (χ0) is 9.15. The Kier molecular flexibility index (Phi) is 2.23. The third-order valence-corrected chi connectivity index (χ3v) is 2.83. The van der Waals surface area contributed by atoms with E-state index in [4.69, 9.17) is 5.73 Å². The standard InChI is InChI=1S/C11H16N2/c12-8-11(6-7-11)9-13-10-4-2-1-3-5-10/h1-5,13H,6-9,12H2. The van der Waals surface area contributed by atoms with Gasteiger partial charge in [0, 0.05) is 12.2 Å². The van der Waals surface area contributed by atoms with E-state index in [1.807, 2.05) is 18.2 Å². The lowest BCUT2D eigenvalue weighted by Crippen LogP contribution is -2.24. The van der Waals surface area contributed by atoms with Crippen LogP contribution in [0.25, 0.3) is 0 Å². The van der Waals surface area contributed by atoms with Gasteiger partial charge >= 0.3 is 0 Å². The first kappa shape index (κ1) is 8.57. The molecule has 1 aliphatic rings. The van der Waals surface area contributed by atoms with Crippen LogP contribution in [-0.2, 0) is 0 Å². The van der Waals surface area contributed by atoms with Crippen LogP contribution in [0.2, 0.25) is 0 Å². The van der Waals surface area contributed by atoms with Gasteiger partial charge in [-0.25, -0.2) is 0 Å². The van der Waals surface area contributed by atoms with E-state index in [1.165, 1.54) is 18.5 Å². The fraction of sp³-hybridized carbons (Fsp3) is 0.455. The molecule has 0 aromatic heterocycles. The number of rotatable bonds is 4. The molecule has 2 nitrogen and oxygen atoms in total. The van der Waals surface area contributed by atoms with Crippen LogP contribution >= 0.6 is 0 Å². The minimum absolute atomic E-state index is 0.413. The van der Waals surface area contributed by atoms with E-state index in [-0.39, 0.29) is 0 Å². The average Bonchev–Trinajstić information content (AvgIpc) is 2.97. The van der Waals surface area contributed by atoms with Gasteiger partial charge in [0.2, 0.25) is 0 Å². The van der Waals surface area contributed by atoms with Crippen LogP contribution in [0.1, 0.15) is 12.8 Å². The van der Waals surface area contributed by atoms with Gasteiger partial charge in [0.05, 0.1) is 0 Å². The fourth-order valence-corrected chi connectivity index (χ4v) is 1.48. The van der Waals surface area contributed by atoms with E-state index in [1.54, 1.807) is 0 Å². The van der Waals surface area contributed by atoms with Crippen LogP contribution in [0, 0.1) is 5.41 Å². The largest absolute Gasteiger partial charge is 0.384 e. The van der Waals surface area contributed by atoms with Crippen molar-refractivity contribution in [2.75, 3.05) is 18.4 Å². The smallest absolute Gasteiger partial charge is 0.0340 e. The molecule has 1 saturated carbocycles. The van der Waals surface area contributed by atoms with Crippen molar-refractivity contribution in [1.82, 2.24) is 0 Å². The summed E-state index contributed by atoms with van der Waals surface area (Å²) in [4.78, 5) is 0. The van der Waals surface area contributed by atoms with E-state index in [0.717, 1.165) is 13.1 Å². The zero-order valence-corrected chi connectivity index (χ0v) is 7.79. The normalized spacial score (nSPS) is 18.2. The second-order valence-electron chi connectivity index (χ2n) is 3.92. The molecular weight excluding hydrogens is 160 g/mol. The Morgan fingerprint density at radius 3 is 2.46 bits per heavy atom. The van der Waals surface area contributed by atoms with Crippen molar-refractivity contribution < 1.29 is 0 Å². The highest BCUT2D eigenvalue weighted by molar-refractivity contribution is 5.42. The summed E-state index contributed by atoms with van der Waals surface area (Å²) in [6.07, 6.45) is 2.56. The van der Waals surface area contributed by atoms with Gasteiger partial charge in [-0.1, -0.05) is 18.2 Å². The van der Waals surface area contributed by atoms with Crippen LogP contribution in [0.3, 0.4) is 0 Å². The predicted molar refractivity (Wildman–Crippen MR) is 55.7 cm³/mol. The molecule has 0 saturated heterocycles. The molecule has 1 fully saturated rings. The Balaban J connectivity index is 1.86. The topological polar surface area (TPSA) is 38.0 Å². The first-order chi connectivity index (χ1) is 6.35. The van der Waals surface area contributed by atoms with Gasteiger partial charge in [0.15, 0.2) is 0 Å². The first-order valence-corrected chi connectivity index (χ1v) is 4.84. The molecule has 1 aliphatic carbocycles. The monoisotopic (exact) mass is 176 g/mol. The minimum atomic E-state index is 0.413. The molecule has 1 aromatic carbocycles. The summed E-state index contributed by atoms with van der Waals surface area (Å²) in [6.45, 7) is 1.83. The summed E-state index contributed by atoms with van der Waals surface area (Å²) in [7, 11) is 0. The second kappa shape index (κ2) is 3.38. The third-order valence-electron chi connectivity index (χ3n) is 2.83. The SMILES string of the molecule is NCC1(CNc2ccccc2)CC1. The molecule has 0 atom stereocenters. The van der Waals surface area contributed by atoms with Gasteiger partial charge in [0.1, 0.15) is 0 Å². The molecule has 1 aromatic rings. The number of nitrogens with two attached hydrogens (primary N) is 1. The fourth-order valence-electron chi connectivity index (χ4n) is 1.48. The summed E-state index contributed by atoms with van der Waals surface area (Å²) in [5.74, 6) is 0. The highest BCUT2D eigenvalue weighted by Crippen LogP contribution is 2.44. The molecule has 13 heavy (non-hydrogen) atoms. The van der Waals surface area contributed by atoms with Gasteiger partial charge < -0.3 is 11.1 Å². The van der Waals surface area contributed by atoms with Crippen LogP contribution in [0.4, 0.5) is 5.69 Å². The molecule has 0 heterocycles. The lowest BCUT2D eigenvalue weighted by Gasteiger charge is -2.13. The number of hydrogen-bond donors (Lipinski definition) is 2. The number of benzene rings is 1. The van der Waals surface area contributed by atoms with Crippen LogP contribution in [0.15, 0.2) is 30.3 Å². The third kappa shape index (κ3) is 2.01. The Bertz CT molecular complexity index is 265. The summed E-state index contributed by atoms with van der Waals surface area (Å²) < 4.78 is 0. The van der Waals surface area contributed by atoms with E-state index in [2.05, 4.69) is 17.4 Å². The summed E-state index contributed by atoms with van der Waals surface area (Å²) in [5.41, 5.74) is 7.30. The summed E-state index contributed by atoms with van der Waals surface area (Å²) >= 11 is 0. The van der Waals surface area contributed by atoms with E-state index in [0.29, 0.717) is 5.41 Å². The van der Waals surface area contributed by atoms with Crippen molar-refractivity contribution >= 4 is 5.69 Å². The number of nitrogens with one attached hydrogen (secondary N) is 1.